The van der Waals surface area contributed by atoms with Gasteiger partial charge in [-0.15, -0.1) is 0 Å². The zero-order chi connectivity index (χ0) is 22.6. The molecule has 6 nitrogen and oxygen atoms in total. The highest BCUT2D eigenvalue weighted by Gasteiger charge is 2.29. The second-order valence-electron chi connectivity index (χ2n) is 7.60. The fraction of sp³-hybridized carbons (Fsp3) is 0.417. The molecule has 2 atom stereocenters. The maximum atomic E-state index is 12.9. The number of phenolic OH excluding ortho intramolecular Hbond substituents is 1. The van der Waals surface area contributed by atoms with E-state index in [-0.39, 0.29) is 17.6 Å². The lowest BCUT2D eigenvalue weighted by Crippen LogP contribution is -2.53. The average Bonchev–Trinajstić information content (AvgIpc) is 2.78. The largest absolute Gasteiger partial charge is 0.508 e. The number of nitrogens with one attached hydrogen (secondary N) is 1. The van der Waals surface area contributed by atoms with Crippen LogP contribution in [0.25, 0.3) is 0 Å². The van der Waals surface area contributed by atoms with Crippen molar-refractivity contribution in [2.24, 2.45) is 5.73 Å². The summed E-state index contributed by atoms with van der Waals surface area (Å²) in [6, 6.07) is 15.5. The number of rotatable bonds is 12. The molecule has 0 radical (unpaired) electrons. The fourth-order valence-corrected chi connectivity index (χ4v) is 3.84. The third kappa shape index (κ3) is 8.26. The first-order chi connectivity index (χ1) is 14.9. The predicted octanol–water partition coefficient (Wildman–Crippen LogP) is 2.59. The van der Waals surface area contributed by atoms with Crippen LogP contribution in [0.1, 0.15) is 24.0 Å². The minimum absolute atomic E-state index is 0.144. The molecule has 0 fully saturated rings. The van der Waals surface area contributed by atoms with Crippen LogP contribution in [0, 0.1) is 0 Å². The Labute approximate surface area is 189 Å². The molecule has 0 aliphatic rings. The van der Waals surface area contributed by atoms with E-state index in [0.717, 1.165) is 24.2 Å². The zero-order valence-electron chi connectivity index (χ0n) is 18.3. The Bertz CT molecular complexity index is 815. The minimum Gasteiger partial charge on any atom is -0.508 e. The van der Waals surface area contributed by atoms with Crippen LogP contribution in [0.2, 0.25) is 0 Å². The van der Waals surface area contributed by atoms with Crippen LogP contribution in [-0.2, 0) is 22.4 Å². The van der Waals surface area contributed by atoms with Crippen molar-refractivity contribution in [3.8, 4) is 5.75 Å². The van der Waals surface area contributed by atoms with E-state index in [9.17, 15) is 14.7 Å². The maximum Gasteiger partial charge on any atom is 0.242 e. The van der Waals surface area contributed by atoms with Crippen molar-refractivity contribution < 1.29 is 14.7 Å². The number of phenols is 1. The molecule has 0 aliphatic heterocycles. The summed E-state index contributed by atoms with van der Waals surface area (Å²) in [6.07, 6.45) is 4.62. The van der Waals surface area contributed by atoms with E-state index in [1.807, 2.05) is 24.5 Å². The summed E-state index contributed by atoms with van der Waals surface area (Å²) in [6.45, 7) is 0.561. The van der Waals surface area contributed by atoms with E-state index in [0.29, 0.717) is 19.4 Å². The number of hydrogen-bond donors (Lipinski definition) is 3. The van der Waals surface area contributed by atoms with Crippen LogP contribution in [0.4, 0.5) is 0 Å². The van der Waals surface area contributed by atoms with Gasteiger partial charge in [-0.1, -0.05) is 42.5 Å². The monoisotopic (exact) mass is 443 g/mol. The minimum atomic E-state index is -0.753. The summed E-state index contributed by atoms with van der Waals surface area (Å²) in [5, 5.41) is 12.4. The molecular formula is C24H33N3O3S. The number of aromatic hydroxyl groups is 1. The molecule has 2 aromatic carbocycles. The van der Waals surface area contributed by atoms with E-state index in [1.54, 1.807) is 43.1 Å². The van der Waals surface area contributed by atoms with Gasteiger partial charge in [0.15, 0.2) is 0 Å². The molecule has 0 aromatic heterocycles. The number of thioether (sulfide) groups is 1. The lowest BCUT2D eigenvalue weighted by molar-refractivity contribution is -0.140. The van der Waals surface area contributed by atoms with Crippen molar-refractivity contribution in [3.05, 3.63) is 65.7 Å². The Balaban J connectivity index is 1.90. The molecule has 0 saturated heterocycles. The van der Waals surface area contributed by atoms with Crippen molar-refractivity contribution in [2.45, 2.75) is 37.8 Å². The van der Waals surface area contributed by atoms with Crippen LogP contribution in [0.3, 0.4) is 0 Å². The average molecular weight is 444 g/mol. The number of carbonyl (C=O) groups is 2. The normalized spacial score (nSPS) is 12.7. The van der Waals surface area contributed by atoms with E-state index in [1.165, 1.54) is 10.5 Å². The standard InChI is InChI=1S/C24H33N3O3S/c1-27(24(30)21(25)17-19-10-12-20(28)13-11-19)22(14-16-31-2)23(29)26-15-6-9-18-7-4-3-5-8-18/h3-5,7-8,10-13,21-22,28H,6,9,14-17,25H2,1-2H3,(H,26,29)/t21-,22+/m0/s1. The molecule has 0 unspecified atom stereocenters. The van der Waals surface area contributed by atoms with Gasteiger partial charge in [-0.05, 0) is 61.0 Å². The summed E-state index contributed by atoms with van der Waals surface area (Å²) in [7, 11) is 1.65. The molecule has 4 N–H and O–H groups in total. The van der Waals surface area contributed by atoms with Crippen LogP contribution in [0.15, 0.2) is 54.6 Å². The third-order valence-electron chi connectivity index (χ3n) is 5.21. The number of carbonyl (C=O) groups excluding carboxylic acids is 2. The Kier molecular flexibility index (Phi) is 10.4. The van der Waals surface area contributed by atoms with Crippen LogP contribution in [0.5, 0.6) is 5.75 Å². The molecule has 0 heterocycles. The molecule has 0 aliphatic carbocycles. The van der Waals surface area contributed by atoms with Gasteiger partial charge in [0.2, 0.25) is 11.8 Å². The molecule has 2 rings (SSSR count). The first kappa shape index (κ1) is 24.8. The predicted molar refractivity (Wildman–Crippen MR) is 127 cm³/mol. The third-order valence-corrected chi connectivity index (χ3v) is 5.85. The lowest BCUT2D eigenvalue weighted by atomic mass is 10.0. The number of benzene rings is 2. The highest BCUT2D eigenvalue weighted by molar-refractivity contribution is 7.98. The van der Waals surface area contributed by atoms with E-state index < -0.39 is 12.1 Å². The Morgan fingerprint density at radius 3 is 2.42 bits per heavy atom. The van der Waals surface area contributed by atoms with Gasteiger partial charge in [0.1, 0.15) is 11.8 Å². The van der Waals surface area contributed by atoms with Gasteiger partial charge in [0, 0.05) is 13.6 Å². The van der Waals surface area contributed by atoms with Gasteiger partial charge in [-0.25, -0.2) is 0 Å². The van der Waals surface area contributed by atoms with Gasteiger partial charge in [-0.3, -0.25) is 9.59 Å². The van der Waals surface area contributed by atoms with E-state index in [4.69, 9.17) is 5.73 Å². The highest BCUT2D eigenvalue weighted by atomic mass is 32.2. The molecule has 7 heteroatoms. The van der Waals surface area contributed by atoms with Crippen LogP contribution >= 0.6 is 11.8 Å². The molecular weight excluding hydrogens is 410 g/mol. The van der Waals surface area contributed by atoms with E-state index >= 15 is 0 Å². The molecule has 0 spiro atoms. The summed E-state index contributed by atoms with van der Waals surface area (Å²) >= 11 is 1.64. The number of likely N-dealkylation sites (N-methyl/N-ethyl adjacent to an activating group) is 1. The van der Waals surface area contributed by atoms with Gasteiger partial charge in [-0.2, -0.15) is 11.8 Å². The van der Waals surface area contributed by atoms with Gasteiger partial charge in [0.05, 0.1) is 6.04 Å². The van der Waals surface area contributed by atoms with E-state index in [2.05, 4.69) is 17.4 Å². The summed E-state index contributed by atoms with van der Waals surface area (Å²) in [5.74, 6) is 0.530. The second kappa shape index (κ2) is 13.0. The molecule has 2 aromatic rings. The first-order valence-corrected chi connectivity index (χ1v) is 11.9. The van der Waals surface area contributed by atoms with Crippen LogP contribution < -0.4 is 11.1 Å². The van der Waals surface area contributed by atoms with Crippen molar-refractivity contribution >= 4 is 23.6 Å². The fourth-order valence-electron chi connectivity index (χ4n) is 3.39. The van der Waals surface area contributed by atoms with Crippen LogP contribution in [-0.4, -0.2) is 59.5 Å². The Morgan fingerprint density at radius 1 is 1.10 bits per heavy atom. The maximum absolute atomic E-state index is 12.9. The Hall–Kier alpha value is -2.51. The molecule has 168 valence electrons. The number of amides is 2. The number of hydrogen-bond acceptors (Lipinski definition) is 5. The van der Waals surface area contributed by atoms with Crippen molar-refractivity contribution in [1.29, 1.82) is 0 Å². The smallest absolute Gasteiger partial charge is 0.242 e. The molecule has 2 amide bonds. The summed E-state index contributed by atoms with van der Waals surface area (Å²) < 4.78 is 0. The van der Waals surface area contributed by atoms with Crippen molar-refractivity contribution in [3.63, 3.8) is 0 Å². The zero-order valence-corrected chi connectivity index (χ0v) is 19.1. The summed E-state index contributed by atoms with van der Waals surface area (Å²) in [5.41, 5.74) is 8.25. The Morgan fingerprint density at radius 2 is 1.77 bits per heavy atom. The van der Waals surface area contributed by atoms with Gasteiger partial charge < -0.3 is 21.1 Å². The first-order valence-electron chi connectivity index (χ1n) is 10.5. The quantitative estimate of drug-likeness (QED) is 0.438. The number of nitrogens with zero attached hydrogens (tertiary/aromatic N) is 1. The molecule has 0 bridgehead atoms. The molecule has 0 saturated carbocycles. The highest BCUT2D eigenvalue weighted by Crippen LogP contribution is 2.13. The van der Waals surface area contributed by atoms with Crippen molar-refractivity contribution in [1.82, 2.24) is 10.2 Å². The molecule has 31 heavy (non-hydrogen) atoms. The number of nitrogens with two attached hydrogens (primary N) is 1. The lowest BCUT2D eigenvalue weighted by Gasteiger charge is -2.29. The van der Waals surface area contributed by atoms with Gasteiger partial charge >= 0.3 is 0 Å². The second-order valence-corrected chi connectivity index (χ2v) is 8.59. The topological polar surface area (TPSA) is 95.7 Å². The summed E-state index contributed by atoms with van der Waals surface area (Å²) in [4.78, 5) is 27.2. The number of aryl methyl sites for hydroxylation is 1. The van der Waals surface area contributed by atoms with Gasteiger partial charge in [0.25, 0.3) is 0 Å². The SMILES string of the molecule is CSCC[C@H](C(=O)NCCCc1ccccc1)N(C)C(=O)[C@@H](N)Cc1ccc(O)cc1. The van der Waals surface area contributed by atoms with Crippen molar-refractivity contribution in [2.75, 3.05) is 25.6 Å².